The first-order valence-corrected chi connectivity index (χ1v) is 14.3. The lowest BCUT2D eigenvalue weighted by Gasteiger charge is -2.04. The van der Waals surface area contributed by atoms with E-state index in [4.69, 9.17) is 0 Å². The number of ketones is 1. The van der Waals surface area contributed by atoms with Crippen molar-refractivity contribution in [3.05, 3.63) is 0 Å². The van der Waals surface area contributed by atoms with Crippen molar-refractivity contribution in [1.82, 2.24) is 0 Å². The Morgan fingerprint density at radius 2 is 0.567 bits per heavy atom. The second kappa shape index (κ2) is 26.7. The topological polar surface area (TPSA) is 17.1 Å². The zero-order valence-corrected chi connectivity index (χ0v) is 21.3. The number of Topliss-reactive ketones (excluding diaryl/α,β-unsaturated/α-hetero) is 1. The molecule has 0 atom stereocenters. The second-order valence-corrected chi connectivity index (χ2v) is 9.82. The van der Waals surface area contributed by atoms with E-state index in [0.717, 1.165) is 32.1 Å². The normalized spacial score (nSPS) is 11.3. The lowest BCUT2D eigenvalue weighted by molar-refractivity contribution is -0.119. The molecule has 0 radical (unpaired) electrons. The summed E-state index contributed by atoms with van der Waals surface area (Å²) >= 11 is 0. The van der Waals surface area contributed by atoms with Gasteiger partial charge in [-0.2, -0.15) is 0 Å². The van der Waals surface area contributed by atoms with Crippen molar-refractivity contribution in [3.8, 4) is 0 Å². The smallest absolute Gasteiger partial charge is 0.132 e. The van der Waals surface area contributed by atoms with E-state index < -0.39 is 0 Å². The molecule has 0 aromatic carbocycles. The van der Waals surface area contributed by atoms with E-state index in [1.807, 2.05) is 0 Å². The molecule has 0 unspecified atom stereocenters. The van der Waals surface area contributed by atoms with Crippen LogP contribution in [-0.2, 0) is 4.79 Å². The fourth-order valence-corrected chi connectivity index (χ4v) is 4.43. The van der Waals surface area contributed by atoms with Crippen molar-refractivity contribution in [2.45, 2.75) is 181 Å². The van der Waals surface area contributed by atoms with Crippen molar-refractivity contribution in [3.63, 3.8) is 0 Å². The molecule has 30 heavy (non-hydrogen) atoms. The van der Waals surface area contributed by atoms with Gasteiger partial charge in [0.1, 0.15) is 5.78 Å². The Morgan fingerprint density at radius 3 is 0.867 bits per heavy atom. The highest BCUT2D eigenvalue weighted by Gasteiger charge is 2.00. The van der Waals surface area contributed by atoms with E-state index in [9.17, 15) is 4.79 Å². The Hall–Kier alpha value is -0.330. The van der Waals surface area contributed by atoms with E-state index in [1.54, 1.807) is 0 Å². The van der Waals surface area contributed by atoms with E-state index >= 15 is 0 Å². The highest BCUT2D eigenvalue weighted by molar-refractivity contribution is 5.78. The van der Waals surface area contributed by atoms with E-state index in [1.165, 1.54) is 135 Å². The predicted octanol–water partition coefficient (Wildman–Crippen LogP) is 10.7. The molecule has 180 valence electrons. The average Bonchev–Trinajstić information content (AvgIpc) is 2.75. The van der Waals surface area contributed by atoms with Crippen LogP contribution in [0, 0.1) is 0 Å². The Kier molecular flexibility index (Phi) is 26.4. The summed E-state index contributed by atoms with van der Waals surface area (Å²) in [6.45, 7) is 4.46. The average molecular weight is 423 g/mol. The quantitative estimate of drug-likeness (QED) is 0.127. The molecule has 0 N–H and O–H groups in total. The molecular weight excluding hydrogens is 364 g/mol. The summed E-state index contributed by atoms with van der Waals surface area (Å²) < 4.78 is 0. The van der Waals surface area contributed by atoms with Crippen LogP contribution in [0.25, 0.3) is 0 Å². The molecule has 0 aliphatic carbocycles. The van der Waals surface area contributed by atoms with Crippen molar-refractivity contribution in [1.29, 1.82) is 0 Å². The number of carbonyl (C=O) groups excluding carboxylic acids is 1. The Balaban J connectivity index is 3.04. The standard InChI is InChI=1S/C29H58O/c1-3-5-7-8-9-10-11-12-13-14-15-16-17-18-19-20-21-22-23-24-25-26-28-29(30)27-6-4-2/h3-28H2,1-2H3. The first-order chi connectivity index (χ1) is 14.8. The molecule has 0 heterocycles. The maximum absolute atomic E-state index is 11.6. The molecule has 0 spiro atoms. The second-order valence-electron chi connectivity index (χ2n) is 9.82. The molecule has 0 fully saturated rings. The fourth-order valence-electron chi connectivity index (χ4n) is 4.43. The van der Waals surface area contributed by atoms with Gasteiger partial charge < -0.3 is 0 Å². The third-order valence-corrected chi connectivity index (χ3v) is 6.62. The highest BCUT2D eigenvalue weighted by Crippen LogP contribution is 2.15. The minimum absolute atomic E-state index is 0.491. The lowest BCUT2D eigenvalue weighted by Crippen LogP contribution is -1.96. The van der Waals surface area contributed by atoms with Crippen molar-refractivity contribution in [2.24, 2.45) is 0 Å². The molecule has 1 heteroatoms. The van der Waals surface area contributed by atoms with E-state index in [0.29, 0.717) is 5.78 Å². The summed E-state index contributed by atoms with van der Waals surface area (Å²) in [7, 11) is 0. The largest absolute Gasteiger partial charge is 0.300 e. The van der Waals surface area contributed by atoms with Gasteiger partial charge in [0.15, 0.2) is 0 Å². The minimum Gasteiger partial charge on any atom is -0.300 e. The third-order valence-electron chi connectivity index (χ3n) is 6.62. The number of hydrogen-bond acceptors (Lipinski definition) is 1. The molecule has 0 amide bonds. The van der Waals surface area contributed by atoms with E-state index in [2.05, 4.69) is 13.8 Å². The van der Waals surface area contributed by atoms with Crippen molar-refractivity contribution >= 4 is 5.78 Å². The van der Waals surface area contributed by atoms with Gasteiger partial charge in [-0.25, -0.2) is 0 Å². The van der Waals surface area contributed by atoms with Crippen LogP contribution >= 0.6 is 0 Å². The molecule has 0 bridgehead atoms. The lowest BCUT2D eigenvalue weighted by atomic mass is 10.0. The molecule has 0 aromatic rings. The van der Waals surface area contributed by atoms with Crippen LogP contribution < -0.4 is 0 Å². The number of carbonyl (C=O) groups is 1. The van der Waals surface area contributed by atoms with Crippen LogP contribution in [0.5, 0.6) is 0 Å². The van der Waals surface area contributed by atoms with Gasteiger partial charge in [-0.1, -0.05) is 155 Å². The molecule has 0 aliphatic rings. The Labute approximate surface area is 191 Å². The predicted molar refractivity (Wildman–Crippen MR) is 136 cm³/mol. The van der Waals surface area contributed by atoms with Crippen molar-refractivity contribution < 1.29 is 4.79 Å². The molecule has 0 aliphatic heterocycles. The Morgan fingerprint density at radius 1 is 0.333 bits per heavy atom. The molecule has 1 nitrogen and oxygen atoms in total. The van der Waals surface area contributed by atoms with Gasteiger partial charge in [0.2, 0.25) is 0 Å². The first kappa shape index (κ1) is 29.7. The SMILES string of the molecule is CCCCCCCCCCCCCCCCCCCCCCCCC(=O)CCCC. The maximum Gasteiger partial charge on any atom is 0.132 e. The van der Waals surface area contributed by atoms with Crippen LogP contribution in [0.4, 0.5) is 0 Å². The summed E-state index contributed by atoms with van der Waals surface area (Å²) in [4.78, 5) is 11.6. The number of unbranched alkanes of at least 4 members (excludes halogenated alkanes) is 22. The van der Waals surface area contributed by atoms with Crippen LogP contribution in [-0.4, -0.2) is 5.78 Å². The molecular formula is C29H58O. The highest BCUT2D eigenvalue weighted by atomic mass is 16.1. The molecule has 0 saturated heterocycles. The van der Waals surface area contributed by atoms with Gasteiger partial charge in [0, 0.05) is 12.8 Å². The van der Waals surface area contributed by atoms with Crippen LogP contribution in [0.15, 0.2) is 0 Å². The van der Waals surface area contributed by atoms with Crippen molar-refractivity contribution in [2.75, 3.05) is 0 Å². The zero-order valence-electron chi connectivity index (χ0n) is 21.3. The van der Waals surface area contributed by atoms with Gasteiger partial charge >= 0.3 is 0 Å². The summed E-state index contributed by atoms with van der Waals surface area (Å²) in [6.07, 6.45) is 35.1. The Bertz CT molecular complexity index is 322. The first-order valence-electron chi connectivity index (χ1n) is 14.3. The van der Waals surface area contributed by atoms with Gasteiger partial charge in [0.05, 0.1) is 0 Å². The summed E-state index contributed by atoms with van der Waals surface area (Å²) in [5.74, 6) is 0.491. The summed E-state index contributed by atoms with van der Waals surface area (Å²) in [6, 6.07) is 0. The summed E-state index contributed by atoms with van der Waals surface area (Å²) in [5, 5.41) is 0. The number of hydrogen-bond donors (Lipinski definition) is 0. The van der Waals surface area contributed by atoms with Crippen LogP contribution in [0.2, 0.25) is 0 Å². The van der Waals surface area contributed by atoms with Gasteiger partial charge in [-0.05, 0) is 12.8 Å². The van der Waals surface area contributed by atoms with E-state index in [-0.39, 0.29) is 0 Å². The molecule has 0 saturated carbocycles. The van der Waals surface area contributed by atoms with Crippen LogP contribution in [0.3, 0.4) is 0 Å². The minimum atomic E-state index is 0.491. The fraction of sp³-hybridized carbons (Fsp3) is 0.966. The monoisotopic (exact) mass is 422 g/mol. The van der Waals surface area contributed by atoms with Gasteiger partial charge in [-0.3, -0.25) is 4.79 Å². The van der Waals surface area contributed by atoms with Crippen LogP contribution in [0.1, 0.15) is 181 Å². The molecule has 0 aromatic heterocycles. The molecule has 0 rings (SSSR count). The van der Waals surface area contributed by atoms with Gasteiger partial charge in [0.25, 0.3) is 0 Å². The maximum atomic E-state index is 11.6. The zero-order chi connectivity index (χ0) is 22.0. The summed E-state index contributed by atoms with van der Waals surface area (Å²) in [5.41, 5.74) is 0. The van der Waals surface area contributed by atoms with Gasteiger partial charge in [-0.15, -0.1) is 0 Å². The number of rotatable bonds is 26. The third kappa shape index (κ3) is 25.7.